The molecule has 2 aromatic rings. The number of amides is 2. The van der Waals surface area contributed by atoms with E-state index in [4.69, 9.17) is 9.47 Å². The molecule has 0 heterocycles. The highest BCUT2D eigenvalue weighted by Crippen LogP contribution is 2.35. The van der Waals surface area contributed by atoms with Crippen LogP contribution in [0.2, 0.25) is 0 Å². The number of nitrogens with zero attached hydrogens (tertiary/aromatic N) is 3. The van der Waals surface area contributed by atoms with E-state index >= 15 is 0 Å². The van der Waals surface area contributed by atoms with E-state index in [1.807, 2.05) is 24.3 Å². The fourth-order valence-corrected chi connectivity index (χ4v) is 5.50. The van der Waals surface area contributed by atoms with Crippen LogP contribution in [0.3, 0.4) is 0 Å². The predicted octanol–water partition coefficient (Wildman–Crippen LogP) is 5.52. The standard InChI is InChI=1S/C25H30Br3N3O6/c1-30(24(32)21(29-34)15-16-6-7-22(35-3)18(26)12-16)10-8-17-13-19(27)23(20(28)14-17)37-11-5-9-31(2)25(33)36-4/h6-7,12-14,34H,5,8-11,15H2,1-4H3/b29-21-. The summed E-state index contributed by atoms with van der Waals surface area (Å²) in [5.74, 6) is 0.980. The third-order valence-corrected chi connectivity index (χ3v) is 7.26. The number of likely N-dealkylation sites (N-methyl/N-ethyl adjacent to an activating group) is 1. The summed E-state index contributed by atoms with van der Waals surface area (Å²) in [6, 6.07) is 9.31. The van der Waals surface area contributed by atoms with Crippen molar-refractivity contribution < 1.29 is 29.0 Å². The quantitative estimate of drug-likeness (QED) is 0.135. The number of carbonyl (C=O) groups is 2. The van der Waals surface area contributed by atoms with Gasteiger partial charge < -0.3 is 29.2 Å². The van der Waals surface area contributed by atoms with Crippen LogP contribution in [0.1, 0.15) is 17.5 Å². The van der Waals surface area contributed by atoms with Crippen LogP contribution in [0.25, 0.3) is 0 Å². The molecule has 2 aromatic carbocycles. The van der Waals surface area contributed by atoms with Gasteiger partial charge in [0.2, 0.25) is 0 Å². The summed E-state index contributed by atoms with van der Waals surface area (Å²) in [4.78, 5) is 27.3. The molecular weight excluding hydrogens is 678 g/mol. The molecule has 0 radical (unpaired) electrons. The van der Waals surface area contributed by atoms with E-state index in [2.05, 4.69) is 57.7 Å². The number of rotatable bonds is 12. The van der Waals surface area contributed by atoms with Gasteiger partial charge in [-0.05, 0) is 96.0 Å². The normalized spacial score (nSPS) is 11.2. The Kier molecular flexibility index (Phi) is 12.7. The highest BCUT2D eigenvalue weighted by atomic mass is 79.9. The molecule has 0 bridgehead atoms. The number of oxime groups is 1. The summed E-state index contributed by atoms with van der Waals surface area (Å²) in [5, 5.41) is 12.7. The Labute approximate surface area is 242 Å². The van der Waals surface area contributed by atoms with Gasteiger partial charge in [-0.1, -0.05) is 11.2 Å². The fraction of sp³-hybridized carbons (Fsp3) is 0.400. The maximum absolute atomic E-state index is 12.9. The average Bonchev–Trinajstić information content (AvgIpc) is 2.88. The van der Waals surface area contributed by atoms with E-state index in [1.54, 1.807) is 27.3 Å². The Morgan fingerprint density at radius 2 is 1.59 bits per heavy atom. The molecule has 0 unspecified atom stereocenters. The largest absolute Gasteiger partial charge is 0.496 e. The molecule has 1 N–H and O–H groups in total. The van der Waals surface area contributed by atoms with E-state index in [0.717, 1.165) is 24.5 Å². The SMILES string of the molecule is COC(=O)N(C)CCCOc1c(Br)cc(CCN(C)C(=O)/C(Cc2ccc(OC)c(Br)c2)=N\O)cc1Br. The molecular formula is C25H30Br3N3O6. The number of benzene rings is 2. The van der Waals surface area contributed by atoms with Crippen molar-refractivity contribution in [1.82, 2.24) is 9.80 Å². The summed E-state index contributed by atoms with van der Waals surface area (Å²) in [6.07, 6.45) is 1.01. The van der Waals surface area contributed by atoms with Gasteiger partial charge in [0.1, 0.15) is 17.2 Å². The molecule has 2 amide bonds. The van der Waals surface area contributed by atoms with Gasteiger partial charge in [-0.15, -0.1) is 0 Å². The number of carbonyl (C=O) groups excluding carboxylic acids is 2. The first-order valence-corrected chi connectivity index (χ1v) is 13.7. The van der Waals surface area contributed by atoms with Crippen molar-refractivity contribution >= 4 is 65.5 Å². The van der Waals surface area contributed by atoms with Crippen LogP contribution >= 0.6 is 47.8 Å². The Balaban J connectivity index is 1.93. The van der Waals surface area contributed by atoms with Gasteiger partial charge in [-0.2, -0.15) is 0 Å². The molecule has 37 heavy (non-hydrogen) atoms. The van der Waals surface area contributed by atoms with Gasteiger partial charge in [-0.3, -0.25) is 4.79 Å². The maximum atomic E-state index is 12.9. The summed E-state index contributed by atoms with van der Waals surface area (Å²) in [5.41, 5.74) is 1.84. The first-order valence-electron chi connectivity index (χ1n) is 11.3. The van der Waals surface area contributed by atoms with Crippen LogP contribution in [0.5, 0.6) is 11.5 Å². The molecule has 0 aliphatic rings. The van der Waals surface area contributed by atoms with Gasteiger partial charge in [0.05, 0.1) is 34.2 Å². The predicted molar refractivity (Wildman–Crippen MR) is 152 cm³/mol. The van der Waals surface area contributed by atoms with Crippen molar-refractivity contribution in [2.24, 2.45) is 5.16 Å². The monoisotopic (exact) mass is 705 g/mol. The number of hydrogen-bond donors (Lipinski definition) is 1. The second-order valence-corrected chi connectivity index (χ2v) is 10.7. The van der Waals surface area contributed by atoms with E-state index in [1.165, 1.54) is 16.9 Å². The summed E-state index contributed by atoms with van der Waals surface area (Å²) < 4.78 is 18.1. The second-order valence-electron chi connectivity index (χ2n) is 8.15. The van der Waals surface area contributed by atoms with Gasteiger partial charge in [-0.25, -0.2) is 4.79 Å². The first kappa shape index (κ1) is 30.9. The van der Waals surface area contributed by atoms with Crippen LogP contribution in [0, 0.1) is 0 Å². The smallest absolute Gasteiger partial charge is 0.409 e. The van der Waals surface area contributed by atoms with Crippen molar-refractivity contribution in [3.63, 3.8) is 0 Å². The molecule has 0 atom stereocenters. The maximum Gasteiger partial charge on any atom is 0.409 e. The van der Waals surface area contributed by atoms with Crippen molar-refractivity contribution in [1.29, 1.82) is 0 Å². The van der Waals surface area contributed by atoms with Crippen LogP contribution in [-0.4, -0.2) is 80.7 Å². The number of methoxy groups -OCH3 is 2. The fourth-order valence-electron chi connectivity index (χ4n) is 3.40. The Hall–Kier alpha value is -2.31. The lowest BCUT2D eigenvalue weighted by atomic mass is 10.1. The lowest BCUT2D eigenvalue weighted by Crippen LogP contribution is -2.35. The van der Waals surface area contributed by atoms with Crippen LogP contribution in [0.4, 0.5) is 4.79 Å². The number of hydrogen-bond acceptors (Lipinski definition) is 7. The van der Waals surface area contributed by atoms with Gasteiger partial charge >= 0.3 is 6.09 Å². The van der Waals surface area contributed by atoms with E-state index < -0.39 is 0 Å². The summed E-state index contributed by atoms with van der Waals surface area (Å²) in [6.45, 7) is 1.35. The Morgan fingerprint density at radius 1 is 0.946 bits per heavy atom. The summed E-state index contributed by atoms with van der Waals surface area (Å²) in [7, 11) is 6.26. The number of ether oxygens (including phenoxy) is 3. The third-order valence-electron chi connectivity index (χ3n) is 5.47. The lowest BCUT2D eigenvalue weighted by molar-refractivity contribution is -0.123. The topological polar surface area (TPSA) is 101 Å². The molecule has 0 fully saturated rings. The molecule has 12 heteroatoms. The molecule has 0 aromatic heterocycles. The van der Waals surface area contributed by atoms with Crippen LogP contribution in [-0.2, 0) is 22.4 Å². The highest BCUT2D eigenvalue weighted by Gasteiger charge is 2.19. The zero-order valence-electron chi connectivity index (χ0n) is 21.1. The highest BCUT2D eigenvalue weighted by molar-refractivity contribution is 9.11. The van der Waals surface area contributed by atoms with Crippen LogP contribution < -0.4 is 9.47 Å². The van der Waals surface area contributed by atoms with Crippen molar-refractivity contribution in [3.05, 3.63) is 54.9 Å². The van der Waals surface area contributed by atoms with E-state index in [9.17, 15) is 14.8 Å². The molecule has 0 saturated heterocycles. The molecule has 9 nitrogen and oxygen atoms in total. The molecule has 0 spiro atoms. The molecule has 0 aliphatic heterocycles. The lowest BCUT2D eigenvalue weighted by Gasteiger charge is -2.19. The van der Waals surface area contributed by atoms with Crippen molar-refractivity contribution in [2.75, 3.05) is 48.0 Å². The van der Waals surface area contributed by atoms with Gasteiger partial charge in [0, 0.05) is 33.6 Å². The van der Waals surface area contributed by atoms with Crippen LogP contribution in [0.15, 0.2) is 48.9 Å². The second kappa shape index (κ2) is 15.2. The van der Waals surface area contributed by atoms with Crippen molar-refractivity contribution in [3.8, 4) is 11.5 Å². The average molecular weight is 708 g/mol. The Morgan fingerprint density at radius 3 is 2.16 bits per heavy atom. The molecule has 0 saturated carbocycles. The summed E-state index contributed by atoms with van der Waals surface area (Å²) >= 11 is 10.5. The van der Waals surface area contributed by atoms with Gasteiger partial charge in [0.25, 0.3) is 5.91 Å². The minimum atomic E-state index is -0.388. The van der Waals surface area contributed by atoms with E-state index in [0.29, 0.717) is 44.0 Å². The molecule has 202 valence electrons. The Bertz CT molecular complexity index is 1110. The minimum Gasteiger partial charge on any atom is -0.496 e. The zero-order chi connectivity index (χ0) is 27.5. The van der Waals surface area contributed by atoms with Gasteiger partial charge in [0.15, 0.2) is 0 Å². The van der Waals surface area contributed by atoms with E-state index in [-0.39, 0.29) is 24.1 Å². The zero-order valence-corrected chi connectivity index (χ0v) is 25.9. The minimum absolute atomic E-state index is 0.0449. The molecule has 2 rings (SSSR count). The van der Waals surface area contributed by atoms with Crippen molar-refractivity contribution in [2.45, 2.75) is 19.3 Å². The first-order chi connectivity index (χ1) is 17.6. The number of halogens is 3. The molecule has 0 aliphatic carbocycles. The third kappa shape index (κ3) is 9.19.